The highest BCUT2D eigenvalue weighted by atomic mass is 16.4. The molecule has 0 bridgehead atoms. The smallest absolute Gasteiger partial charge is 0.323 e. The minimum atomic E-state index is -2.92. The summed E-state index contributed by atoms with van der Waals surface area (Å²) in [6.07, 6.45) is -2.35. The Morgan fingerprint density at radius 2 is 1.60 bits per heavy atom. The number of ketones is 2. The zero-order chi connectivity index (χ0) is 30.1. The maximum absolute atomic E-state index is 13.7. The van der Waals surface area contributed by atoms with Crippen molar-refractivity contribution in [3.8, 4) is 5.75 Å². The van der Waals surface area contributed by atoms with E-state index in [0.29, 0.717) is 11.3 Å². The number of amides is 3. The second kappa shape index (κ2) is 9.43. The van der Waals surface area contributed by atoms with Crippen LogP contribution in [0.3, 0.4) is 0 Å². The third-order valence-corrected chi connectivity index (χ3v) is 8.33. The Morgan fingerprint density at radius 3 is 2.33 bits per heavy atom. The highest BCUT2D eigenvalue weighted by Crippen LogP contribution is 2.52. The van der Waals surface area contributed by atoms with Gasteiger partial charge in [0.2, 0.25) is 5.78 Å². The summed E-state index contributed by atoms with van der Waals surface area (Å²) in [5.74, 6) is -8.86. The molecule has 0 saturated heterocycles. The molecule has 0 radical (unpaired) electrons. The first kappa shape index (κ1) is 27.0. The number of phenols is 1. The van der Waals surface area contributed by atoms with Crippen molar-refractivity contribution in [1.29, 1.82) is 0 Å². The third kappa shape index (κ3) is 3.76. The van der Waals surface area contributed by atoms with Crippen LogP contribution in [-0.2, 0) is 20.8 Å². The van der Waals surface area contributed by atoms with Gasteiger partial charge in [-0.1, -0.05) is 42.5 Å². The molecule has 3 aliphatic carbocycles. The number of carbonyl (C=O) groups is 4. The van der Waals surface area contributed by atoms with Crippen molar-refractivity contribution in [3.63, 3.8) is 0 Å². The van der Waals surface area contributed by atoms with E-state index < -0.39 is 81.9 Å². The van der Waals surface area contributed by atoms with Gasteiger partial charge >= 0.3 is 6.03 Å². The molecule has 214 valence electrons. The number of anilines is 2. The van der Waals surface area contributed by atoms with Gasteiger partial charge in [-0.25, -0.2) is 4.79 Å². The molecular weight excluding hydrogens is 546 g/mol. The van der Waals surface area contributed by atoms with Crippen LogP contribution in [0.1, 0.15) is 17.5 Å². The summed E-state index contributed by atoms with van der Waals surface area (Å²) >= 11 is 0. The molecule has 1 fully saturated rings. The number of rotatable bonds is 3. The average molecular weight is 572 g/mol. The average Bonchev–Trinajstić information content (AvgIpc) is 2.95. The van der Waals surface area contributed by atoms with Gasteiger partial charge in [0.15, 0.2) is 11.4 Å². The van der Waals surface area contributed by atoms with Gasteiger partial charge < -0.3 is 41.9 Å². The minimum absolute atomic E-state index is 0.0917. The summed E-state index contributed by atoms with van der Waals surface area (Å²) in [5.41, 5.74) is 1.29. The van der Waals surface area contributed by atoms with Gasteiger partial charge in [0.25, 0.3) is 5.91 Å². The Kier molecular flexibility index (Phi) is 6.06. The Bertz CT molecular complexity index is 1810. The molecule has 9 N–H and O–H groups in total. The van der Waals surface area contributed by atoms with Crippen LogP contribution in [0.15, 0.2) is 71.5 Å². The van der Waals surface area contributed by atoms with Gasteiger partial charge in [-0.3, -0.25) is 14.4 Å². The highest BCUT2D eigenvalue weighted by Gasteiger charge is 2.63. The summed E-state index contributed by atoms with van der Waals surface area (Å²) in [7, 11) is 0. The van der Waals surface area contributed by atoms with Crippen LogP contribution in [0, 0.1) is 11.8 Å². The number of Topliss-reactive ketones (excluding diaryl/α,β-unsaturated/α-hetero) is 2. The van der Waals surface area contributed by atoms with Crippen molar-refractivity contribution >= 4 is 51.4 Å². The molecule has 42 heavy (non-hydrogen) atoms. The minimum Gasteiger partial charge on any atom is -0.508 e. The SMILES string of the molecule is NC(=O)C1=C(O)[C@@]2(O)C(=O)C3=C(O)c4c(ccc(NC(=O)Nc5cccc6ccccc56)c4O)C[C@H]3[C@H](O)[C@H]2CC1=O. The molecule has 4 atom stereocenters. The van der Waals surface area contributed by atoms with Gasteiger partial charge in [0.1, 0.15) is 22.8 Å². The molecule has 0 aliphatic heterocycles. The van der Waals surface area contributed by atoms with Crippen molar-refractivity contribution in [1.82, 2.24) is 0 Å². The summed E-state index contributed by atoms with van der Waals surface area (Å²) in [6.45, 7) is 0. The number of nitrogens with two attached hydrogens (primary N) is 1. The van der Waals surface area contributed by atoms with Crippen LogP contribution in [0.4, 0.5) is 16.2 Å². The van der Waals surface area contributed by atoms with Crippen LogP contribution in [0.5, 0.6) is 5.75 Å². The first-order valence-corrected chi connectivity index (χ1v) is 13.0. The van der Waals surface area contributed by atoms with Crippen molar-refractivity contribution in [2.45, 2.75) is 24.5 Å². The van der Waals surface area contributed by atoms with Gasteiger partial charge in [0, 0.05) is 29.2 Å². The van der Waals surface area contributed by atoms with Crippen LogP contribution in [0.2, 0.25) is 0 Å². The van der Waals surface area contributed by atoms with Crippen LogP contribution in [-0.4, -0.2) is 60.7 Å². The maximum Gasteiger partial charge on any atom is 0.323 e. The number of urea groups is 1. The second-order valence-electron chi connectivity index (χ2n) is 10.6. The second-order valence-corrected chi connectivity index (χ2v) is 10.6. The lowest BCUT2D eigenvalue weighted by atomic mass is 9.58. The Morgan fingerprint density at radius 1 is 0.905 bits per heavy atom. The summed E-state index contributed by atoms with van der Waals surface area (Å²) in [4.78, 5) is 50.8. The van der Waals surface area contributed by atoms with E-state index in [0.717, 1.165) is 10.8 Å². The number of phenolic OH excluding ortho intramolecular Hbond substituents is 1. The third-order valence-electron chi connectivity index (χ3n) is 8.33. The molecule has 12 nitrogen and oxygen atoms in total. The summed E-state index contributed by atoms with van der Waals surface area (Å²) in [5, 5.41) is 62.4. The number of primary amides is 1. The van der Waals surface area contributed by atoms with E-state index >= 15 is 0 Å². The van der Waals surface area contributed by atoms with E-state index in [-0.39, 0.29) is 17.7 Å². The van der Waals surface area contributed by atoms with E-state index in [1.165, 1.54) is 12.1 Å². The molecule has 6 rings (SSSR count). The molecule has 3 aromatic rings. The number of hydrogen-bond acceptors (Lipinski definition) is 9. The lowest BCUT2D eigenvalue weighted by Crippen LogP contribution is -2.63. The normalized spacial score (nSPS) is 25.0. The Labute approximate surface area is 237 Å². The standard InChI is InChI=1S/C30H25N3O9/c31-28(40)22-19(34)11-16-23(35)15-10-13-8-9-18(24(36)20(13)25(37)21(15)26(38)30(16,42)27(22)39)33-29(41)32-17-7-3-5-12-4-1-2-6-14(12)17/h1-9,15-16,23,35-37,39,42H,10-11H2,(H2,31,40)(H2,32,33,41)/t15-,16-,23+,30+/m1/s1. The van der Waals surface area contributed by atoms with Crippen LogP contribution in [0.25, 0.3) is 16.5 Å². The van der Waals surface area contributed by atoms with Crippen LogP contribution >= 0.6 is 0 Å². The first-order valence-electron chi connectivity index (χ1n) is 13.0. The molecular formula is C30H25N3O9. The predicted molar refractivity (Wildman–Crippen MR) is 149 cm³/mol. The summed E-state index contributed by atoms with van der Waals surface area (Å²) in [6, 6.07) is 14.9. The van der Waals surface area contributed by atoms with Crippen LogP contribution < -0.4 is 16.4 Å². The number of aliphatic hydroxyl groups excluding tert-OH is 3. The van der Waals surface area contributed by atoms with E-state index in [2.05, 4.69) is 10.6 Å². The molecule has 0 unspecified atom stereocenters. The van der Waals surface area contributed by atoms with Gasteiger partial charge in [0.05, 0.1) is 23.0 Å². The zero-order valence-electron chi connectivity index (χ0n) is 21.8. The van der Waals surface area contributed by atoms with Gasteiger partial charge in [-0.2, -0.15) is 0 Å². The lowest BCUT2D eigenvalue weighted by Gasteiger charge is -2.48. The van der Waals surface area contributed by atoms with Gasteiger partial charge in [-0.05, 0) is 29.5 Å². The molecule has 0 heterocycles. The van der Waals surface area contributed by atoms with Crippen molar-refractivity contribution in [2.75, 3.05) is 10.6 Å². The fourth-order valence-electron chi connectivity index (χ4n) is 6.33. The first-order chi connectivity index (χ1) is 19.9. The number of aliphatic hydroxyl groups is 4. The van der Waals surface area contributed by atoms with E-state index in [9.17, 15) is 44.7 Å². The van der Waals surface area contributed by atoms with E-state index in [1.54, 1.807) is 12.1 Å². The molecule has 12 heteroatoms. The Hall–Kier alpha value is -5.20. The number of fused-ring (bicyclic) bond motifs is 4. The molecule has 3 amide bonds. The lowest BCUT2D eigenvalue weighted by molar-refractivity contribution is -0.159. The highest BCUT2D eigenvalue weighted by molar-refractivity contribution is 6.23. The molecule has 0 spiro atoms. The summed E-state index contributed by atoms with van der Waals surface area (Å²) < 4.78 is 0. The number of nitrogens with one attached hydrogen (secondary N) is 2. The van der Waals surface area contributed by atoms with Crippen molar-refractivity contribution in [3.05, 3.63) is 82.6 Å². The van der Waals surface area contributed by atoms with Gasteiger partial charge in [-0.15, -0.1) is 0 Å². The fraction of sp³-hybridized carbons (Fsp3) is 0.200. The molecule has 0 aromatic heterocycles. The molecule has 3 aromatic carbocycles. The fourth-order valence-corrected chi connectivity index (χ4v) is 6.33. The topological polar surface area (TPSA) is 220 Å². The number of aromatic hydroxyl groups is 1. The van der Waals surface area contributed by atoms with E-state index in [4.69, 9.17) is 5.73 Å². The monoisotopic (exact) mass is 571 g/mol. The number of hydrogen-bond donors (Lipinski definition) is 8. The predicted octanol–water partition coefficient (Wildman–Crippen LogP) is 2.19. The zero-order valence-corrected chi connectivity index (χ0v) is 21.8. The number of benzene rings is 3. The quantitative estimate of drug-likeness (QED) is 0.170. The van der Waals surface area contributed by atoms with E-state index in [1.807, 2.05) is 30.3 Å². The number of carbonyl (C=O) groups excluding carboxylic acids is 4. The van der Waals surface area contributed by atoms with Crippen molar-refractivity contribution in [2.24, 2.45) is 17.6 Å². The molecule has 3 aliphatic rings. The largest absolute Gasteiger partial charge is 0.508 e. The maximum atomic E-state index is 13.7. The molecule has 1 saturated carbocycles. The van der Waals surface area contributed by atoms with Crippen molar-refractivity contribution < 1.29 is 44.7 Å². The Balaban J connectivity index is 1.37.